The van der Waals surface area contributed by atoms with Crippen molar-refractivity contribution in [3.63, 3.8) is 0 Å². The van der Waals surface area contributed by atoms with Gasteiger partial charge in [-0.25, -0.2) is 4.79 Å². The molecule has 0 saturated carbocycles. The maximum Gasteiger partial charge on any atom is 0.407 e. The van der Waals surface area contributed by atoms with Crippen molar-refractivity contribution in [2.75, 3.05) is 11.9 Å². The molecule has 0 radical (unpaired) electrons. The van der Waals surface area contributed by atoms with Crippen LogP contribution in [0, 0.1) is 0 Å². The summed E-state index contributed by atoms with van der Waals surface area (Å²) in [4.78, 5) is 35.7. The van der Waals surface area contributed by atoms with Gasteiger partial charge >= 0.3 is 6.09 Å². The van der Waals surface area contributed by atoms with Crippen molar-refractivity contribution in [1.82, 2.24) is 10.6 Å². The third-order valence-corrected chi connectivity index (χ3v) is 3.93. The predicted molar refractivity (Wildman–Crippen MR) is 121 cm³/mol. The first-order valence-electron chi connectivity index (χ1n) is 10.1. The van der Waals surface area contributed by atoms with Crippen LogP contribution in [-0.2, 0) is 20.9 Å². The molecule has 0 bridgehead atoms. The summed E-state index contributed by atoms with van der Waals surface area (Å²) in [6.45, 7) is 5.82. The molecular formula is C24H29N3O4. The number of alkyl carbamates (subject to hydrolysis) is 1. The maximum atomic E-state index is 12.1. The standard InChI is InChI=1S/C24H29N3O4/c1-24(2,3)31-23(30)25-15-14-21(28)26-17-19-10-7-11-20(16-19)27-22(29)13-12-18-8-5-4-6-9-18/h4-13,16H,14-15,17H2,1-3H3,(H,25,30)(H,26,28)(H,27,29)/b13-12+. The molecule has 3 amide bonds. The zero-order valence-corrected chi connectivity index (χ0v) is 18.1. The lowest BCUT2D eigenvalue weighted by Gasteiger charge is -2.19. The summed E-state index contributed by atoms with van der Waals surface area (Å²) >= 11 is 0. The Morgan fingerprint density at radius 2 is 1.71 bits per heavy atom. The first-order chi connectivity index (χ1) is 14.7. The summed E-state index contributed by atoms with van der Waals surface area (Å²) < 4.78 is 5.12. The average molecular weight is 424 g/mol. The van der Waals surface area contributed by atoms with Gasteiger partial charge in [0.05, 0.1) is 0 Å². The second-order valence-electron chi connectivity index (χ2n) is 7.89. The van der Waals surface area contributed by atoms with Gasteiger partial charge in [0.2, 0.25) is 11.8 Å². The van der Waals surface area contributed by atoms with Crippen molar-refractivity contribution in [3.8, 4) is 0 Å². The van der Waals surface area contributed by atoms with Crippen LogP contribution in [0.5, 0.6) is 0 Å². The van der Waals surface area contributed by atoms with Crippen molar-refractivity contribution in [1.29, 1.82) is 0 Å². The fourth-order valence-corrected chi connectivity index (χ4v) is 2.56. The van der Waals surface area contributed by atoms with Crippen LogP contribution < -0.4 is 16.0 Å². The zero-order chi connectivity index (χ0) is 22.7. The molecule has 0 saturated heterocycles. The third kappa shape index (κ3) is 10.1. The van der Waals surface area contributed by atoms with Crippen LogP contribution in [0.2, 0.25) is 0 Å². The van der Waals surface area contributed by atoms with E-state index < -0.39 is 11.7 Å². The second kappa shape index (κ2) is 11.5. The van der Waals surface area contributed by atoms with Crippen LogP contribution in [0.25, 0.3) is 6.08 Å². The summed E-state index contributed by atoms with van der Waals surface area (Å²) in [6, 6.07) is 16.8. The van der Waals surface area contributed by atoms with E-state index in [2.05, 4.69) is 16.0 Å². The van der Waals surface area contributed by atoms with Crippen LogP contribution in [0.4, 0.5) is 10.5 Å². The van der Waals surface area contributed by atoms with Crippen molar-refractivity contribution in [2.45, 2.75) is 39.3 Å². The van der Waals surface area contributed by atoms with Crippen molar-refractivity contribution < 1.29 is 19.1 Å². The highest BCUT2D eigenvalue weighted by Crippen LogP contribution is 2.11. The van der Waals surface area contributed by atoms with E-state index in [1.165, 1.54) is 6.08 Å². The Morgan fingerprint density at radius 3 is 2.42 bits per heavy atom. The van der Waals surface area contributed by atoms with Gasteiger partial charge in [-0.15, -0.1) is 0 Å². The third-order valence-electron chi connectivity index (χ3n) is 3.93. The molecule has 0 fully saturated rings. The summed E-state index contributed by atoms with van der Waals surface area (Å²) in [7, 11) is 0. The smallest absolute Gasteiger partial charge is 0.407 e. The number of anilines is 1. The first kappa shape index (κ1) is 23.7. The summed E-state index contributed by atoms with van der Waals surface area (Å²) in [5.74, 6) is -0.436. The average Bonchev–Trinajstić information content (AvgIpc) is 2.70. The van der Waals surface area contributed by atoms with Crippen LogP contribution in [0.15, 0.2) is 60.7 Å². The topological polar surface area (TPSA) is 96.5 Å². The van der Waals surface area contributed by atoms with Crippen molar-refractivity contribution >= 4 is 29.7 Å². The number of hydrogen-bond acceptors (Lipinski definition) is 4. The Hall–Kier alpha value is -3.61. The minimum Gasteiger partial charge on any atom is -0.444 e. The Labute approximate surface area is 182 Å². The Morgan fingerprint density at radius 1 is 0.968 bits per heavy atom. The van der Waals surface area contributed by atoms with E-state index in [9.17, 15) is 14.4 Å². The van der Waals surface area contributed by atoms with Crippen molar-refractivity contribution in [2.24, 2.45) is 0 Å². The molecule has 7 nitrogen and oxygen atoms in total. The highest BCUT2D eigenvalue weighted by atomic mass is 16.6. The molecule has 0 unspecified atom stereocenters. The Kier molecular flexibility index (Phi) is 8.81. The first-order valence-corrected chi connectivity index (χ1v) is 10.1. The molecule has 7 heteroatoms. The molecule has 2 rings (SSSR count). The molecule has 2 aromatic carbocycles. The molecule has 0 aromatic heterocycles. The van der Waals surface area contributed by atoms with E-state index in [0.29, 0.717) is 12.2 Å². The normalized spacial score (nSPS) is 11.1. The monoisotopic (exact) mass is 423 g/mol. The molecule has 0 aliphatic carbocycles. The fourth-order valence-electron chi connectivity index (χ4n) is 2.56. The van der Waals surface area contributed by atoms with Gasteiger partial charge in [0.1, 0.15) is 5.60 Å². The molecule has 0 aliphatic heterocycles. The molecular weight excluding hydrogens is 394 g/mol. The van der Waals surface area contributed by atoms with Gasteiger partial charge in [-0.3, -0.25) is 9.59 Å². The predicted octanol–water partition coefficient (Wildman–Crippen LogP) is 3.87. The van der Waals surface area contributed by atoms with E-state index in [0.717, 1.165) is 11.1 Å². The molecule has 164 valence electrons. The van der Waals surface area contributed by atoms with Gasteiger partial charge in [-0.1, -0.05) is 42.5 Å². The van der Waals surface area contributed by atoms with Crippen LogP contribution in [-0.4, -0.2) is 30.1 Å². The van der Waals surface area contributed by atoms with Gasteiger partial charge in [-0.2, -0.15) is 0 Å². The van der Waals surface area contributed by atoms with Gasteiger partial charge in [0.15, 0.2) is 0 Å². The quantitative estimate of drug-likeness (QED) is 0.562. The van der Waals surface area contributed by atoms with Gasteiger partial charge < -0.3 is 20.7 Å². The number of carbonyl (C=O) groups is 3. The number of amides is 3. The molecule has 2 aromatic rings. The second-order valence-corrected chi connectivity index (χ2v) is 7.89. The summed E-state index contributed by atoms with van der Waals surface area (Å²) in [5, 5.41) is 8.14. The van der Waals surface area contributed by atoms with E-state index in [1.807, 2.05) is 42.5 Å². The maximum absolute atomic E-state index is 12.1. The lowest BCUT2D eigenvalue weighted by atomic mass is 10.2. The van der Waals surface area contributed by atoms with E-state index in [4.69, 9.17) is 4.74 Å². The lowest BCUT2D eigenvalue weighted by Crippen LogP contribution is -2.35. The number of carbonyl (C=O) groups excluding carboxylic acids is 3. The SMILES string of the molecule is CC(C)(C)OC(=O)NCCC(=O)NCc1cccc(NC(=O)/C=C/c2ccccc2)c1. The highest BCUT2D eigenvalue weighted by molar-refractivity contribution is 6.01. The largest absolute Gasteiger partial charge is 0.444 e. The summed E-state index contributed by atoms with van der Waals surface area (Å²) in [6.07, 6.45) is 2.80. The molecule has 0 aliphatic rings. The zero-order valence-electron chi connectivity index (χ0n) is 18.1. The minimum absolute atomic E-state index is 0.139. The highest BCUT2D eigenvalue weighted by Gasteiger charge is 2.15. The number of rotatable bonds is 8. The Balaban J connectivity index is 1.75. The van der Waals surface area contributed by atoms with Crippen LogP contribution >= 0.6 is 0 Å². The Bertz CT molecular complexity index is 918. The van der Waals surface area contributed by atoms with E-state index >= 15 is 0 Å². The molecule has 0 heterocycles. The molecule has 0 spiro atoms. The molecule has 0 atom stereocenters. The summed E-state index contributed by atoms with van der Waals surface area (Å²) in [5.41, 5.74) is 1.85. The molecule has 31 heavy (non-hydrogen) atoms. The number of ether oxygens (including phenoxy) is 1. The fraction of sp³-hybridized carbons (Fsp3) is 0.292. The van der Waals surface area contributed by atoms with E-state index in [1.54, 1.807) is 39.0 Å². The molecule has 3 N–H and O–H groups in total. The number of benzene rings is 2. The van der Waals surface area contributed by atoms with Gasteiger partial charge in [0.25, 0.3) is 0 Å². The van der Waals surface area contributed by atoms with Gasteiger partial charge in [0, 0.05) is 31.3 Å². The van der Waals surface area contributed by atoms with Crippen molar-refractivity contribution in [3.05, 3.63) is 71.8 Å². The lowest BCUT2D eigenvalue weighted by molar-refractivity contribution is -0.121. The van der Waals surface area contributed by atoms with E-state index in [-0.39, 0.29) is 24.8 Å². The van der Waals surface area contributed by atoms with Crippen LogP contribution in [0.1, 0.15) is 38.3 Å². The van der Waals surface area contributed by atoms with Crippen LogP contribution in [0.3, 0.4) is 0 Å². The number of hydrogen-bond donors (Lipinski definition) is 3. The minimum atomic E-state index is -0.579. The number of nitrogens with one attached hydrogen (secondary N) is 3. The van der Waals surface area contributed by atoms with Gasteiger partial charge in [-0.05, 0) is 50.1 Å².